The summed E-state index contributed by atoms with van der Waals surface area (Å²) >= 11 is 0. The predicted octanol–water partition coefficient (Wildman–Crippen LogP) is 0.478. The molecule has 2 N–H and O–H groups in total. The first kappa shape index (κ1) is 7.54. The van der Waals surface area contributed by atoms with E-state index in [0.717, 1.165) is 6.42 Å². The molecule has 58 valence electrons. The monoisotopic (exact) mass is 144 g/mol. The molecule has 0 radical (unpaired) electrons. The Morgan fingerprint density at radius 3 is 2.60 bits per heavy atom. The van der Waals surface area contributed by atoms with Crippen molar-refractivity contribution < 1.29 is 15.0 Å². The van der Waals surface area contributed by atoms with Gasteiger partial charge in [-0.3, -0.25) is 4.79 Å². The van der Waals surface area contributed by atoms with Gasteiger partial charge in [0.25, 0.3) is 0 Å². The third kappa shape index (κ3) is 1.70. The van der Waals surface area contributed by atoms with Crippen molar-refractivity contribution in [2.24, 2.45) is 11.8 Å². The van der Waals surface area contributed by atoms with Gasteiger partial charge in [-0.1, -0.05) is 6.92 Å². The van der Waals surface area contributed by atoms with Crippen LogP contribution in [0.1, 0.15) is 19.8 Å². The van der Waals surface area contributed by atoms with Gasteiger partial charge in [-0.2, -0.15) is 0 Å². The Bertz CT molecular complexity index is 144. The van der Waals surface area contributed by atoms with E-state index < -0.39 is 12.1 Å². The summed E-state index contributed by atoms with van der Waals surface area (Å²) < 4.78 is 0. The second-order valence-corrected chi connectivity index (χ2v) is 3.04. The highest BCUT2D eigenvalue weighted by Gasteiger charge is 2.39. The molecule has 0 heterocycles. The number of aliphatic hydroxyl groups excluding tert-OH is 1. The van der Waals surface area contributed by atoms with Crippen LogP contribution >= 0.6 is 0 Å². The van der Waals surface area contributed by atoms with Gasteiger partial charge in [0.2, 0.25) is 0 Å². The number of aliphatic carboxylic acids is 1. The molecule has 0 aromatic carbocycles. The molecule has 1 saturated carbocycles. The molecule has 0 amide bonds. The standard InChI is InChI=1S/C7H12O3/c1-4-2-5(4)6(8)3-7(9)10/h4-6,8H,2-3H2,1H3,(H,9,10). The molecule has 3 nitrogen and oxygen atoms in total. The van der Waals surface area contributed by atoms with Gasteiger partial charge in [0.15, 0.2) is 0 Å². The Kier molecular flexibility index (Phi) is 1.94. The molecule has 3 unspecified atom stereocenters. The SMILES string of the molecule is CC1CC1C(O)CC(=O)O. The molecule has 1 rings (SSSR count). The average molecular weight is 144 g/mol. The summed E-state index contributed by atoms with van der Waals surface area (Å²) in [5, 5.41) is 17.4. The topological polar surface area (TPSA) is 57.5 Å². The second kappa shape index (κ2) is 2.58. The van der Waals surface area contributed by atoms with Crippen molar-refractivity contribution in [3.05, 3.63) is 0 Å². The van der Waals surface area contributed by atoms with Crippen LogP contribution in [-0.2, 0) is 4.79 Å². The van der Waals surface area contributed by atoms with Gasteiger partial charge in [-0.15, -0.1) is 0 Å². The molecule has 3 atom stereocenters. The second-order valence-electron chi connectivity index (χ2n) is 3.04. The molecular formula is C7H12O3. The zero-order valence-electron chi connectivity index (χ0n) is 5.95. The van der Waals surface area contributed by atoms with Gasteiger partial charge in [-0.05, 0) is 18.3 Å². The van der Waals surface area contributed by atoms with E-state index in [0.29, 0.717) is 5.92 Å². The van der Waals surface area contributed by atoms with Crippen LogP contribution in [0.5, 0.6) is 0 Å². The number of aliphatic hydroxyl groups is 1. The largest absolute Gasteiger partial charge is 0.481 e. The summed E-state index contributed by atoms with van der Waals surface area (Å²) in [7, 11) is 0. The number of hydrogen-bond acceptors (Lipinski definition) is 2. The summed E-state index contributed by atoms with van der Waals surface area (Å²) in [5.41, 5.74) is 0. The minimum atomic E-state index is -0.911. The highest BCUT2D eigenvalue weighted by atomic mass is 16.4. The molecule has 0 saturated heterocycles. The van der Waals surface area contributed by atoms with Crippen molar-refractivity contribution in [1.29, 1.82) is 0 Å². The first-order valence-corrected chi connectivity index (χ1v) is 3.51. The molecule has 1 aliphatic rings. The van der Waals surface area contributed by atoms with Crippen molar-refractivity contribution in [2.75, 3.05) is 0 Å². The number of carboxylic acid groups (broad SMARTS) is 1. The van der Waals surface area contributed by atoms with E-state index in [1.54, 1.807) is 0 Å². The van der Waals surface area contributed by atoms with Crippen molar-refractivity contribution in [1.82, 2.24) is 0 Å². The third-order valence-corrected chi connectivity index (χ3v) is 2.05. The van der Waals surface area contributed by atoms with Gasteiger partial charge in [0.05, 0.1) is 12.5 Å². The predicted molar refractivity (Wildman–Crippen MR) is 35.5 cm³/mol. The molecule has 0 aromatic rings. The minimum absolute atomic E-state index is 0.102. The molecule has 10 heavy (non-hydrogen) atoms. The summed E-state index contributed by atoms with van der Waals surface area (Å²) in [5.74, 6) is -0.142. The maximum atomic E-state index is 10.1. The van der Waals surface area contributed by atoms with Crippen molar-refractivity contribution in [3.8, 4) is 0 Å². The molecule has 0 aliphatic heterocycles. The quantitative estimate of drug-likeness (QED) is 0.605. The summed E-state index contributed by atoms with van der Waals surface area (Å²) in [6, 6.07) is 0. The molecule has 1 aliphatic carbocycles. The minimum Gasteiger partial charge on any atom is -0.481 e. The van der Waals surface area contributed by atoms with Crippen LogP contribution in [0.25, 0.3) is 0 Å². The van der Waals surface area contributed by atoms with Crippen LogP contribution in [-0.4, -0.2) is 22.3 Å². The summed E-state index contributed by atoms with van der Waals surface area (Å²) in [6.07, 6.45) is 0.260. The fourth-order valence-corrected chi connectivity index (χ4v) is 1.22. The van der Waals surface area contributed by atoms with Crippen LogP contribution in [0.4, 0.5) is 0 Å². The Hall–Kier alpha value is -0.570. The van der Waals surface area contributed by atoms with Gasteiger partial charge in [-0.25, -0.2) is 0 Å². The summed E-state index contributed by atoms with van der Waals surface area (Å²) in [4.78, 5) is 10.1. The van der Waals surface area contributed by atoms with E-state index in [2.05, 4.69) is 0 Å². The lowest BCUT2D eigenvalue weighted by Gasteiger charge is -2.04. The number of carboxylic acids is 1. The highest BCUT2D eigenvalue weighted by molar-refractivity contribution is 5.67. The maximum absolute atomic E-state index is 10.1. The Morgan fingerprint density at radius 1 is 1.80 bits per heavy atom. The lowest BCUT2D eigenvalue weighted by atomic mass is 10.1. The average Bonchev–Trinajstić information content (AvgIpc) is 2.44. The fraction of sp³-hybridized carbons (Fsp3) is 0.857. The van der Waals surface area contributed by atoms with Crippen LogP contribution < -0.4 is 0 Å². The Morgan fingerprint density at radius 2 is 2.30 bits per heavy atom. The first-order valence-electron chi connectivity index (χ1n) is 3.51. The van der Waals surface area contributed by atoms with E-state index in [1.807, 2.05) is 6.92 Å². The van der Waals surface area contributed by atoms with Crippen LogP contribution in [0.15, 0.2) is 0 Å². The van der Waals surface area contributed by atoms with Crippen molar-refractivity contribution >= 4 is 5.97 Å². The smallest absolute Gasteiger partial charge is 0.305 e. The Balaban J connectivity index is 2.22. The zero-order chi connectivity index (χ0) is 7.72. The van der Waals surface area contributed by atoms with Gasteiger partial charge >= 0.3 is 5.97 Å². The molecular weight excluding hydrogens is 132 g/mol. The number of hydrogen-bond donors (Lipinski definition) is 2. The summed E-state index contributed by atoms with van der Waals surface area (Å²) in [6.45, 7) is 2.02. The molecule has 0 aromatic heterocycles. The first-order chi connectivity index (χ1) is 4.61. The van der Waals surface area contributed by atoms with Crippen molar-refractivity contribution in [2.45, 2.75) is 25.9 Å². The van der Waals surface area contributed by atoms with E-state index in [1.165, 1.54) is 0 Å². The van der Waals surface area contributed by atoms with Crippen LogP contribution in [0.2, 0.25) is 0 Å². The van der Waals surface area contributed by atoms with E-state index >= 15 is 0 Å². The van der Waals surface area contributed by atoms with Crippen LogP contribution in [0, 0.1) is 11.8 Å². The number of carbonyl (C=O) groups is 1. The molecule has 1 fully saturated rings. The number of rotatable bonds is 3. The van der Waals surface area contributed by atoms with Crippen LogP contribution in [0.3, 0.4) is 0 Å². The van der Waals surface area contributed by atoms with Gasteiger partial charge in [0.1, 0.15) is 0 Å². The van der Waals surface area contributed by atoms with E-state index in [9.17, 15) is 4.79 Å². The third-order valence-electron chi connectivity index (χ3n) is 2.05. The van der Waals surface area contributed by atoms with Gasteiger partial charge in [0, 0.05) is 0 Å². The van der Waals surface area contributed by atoms with Crippen molar-refractivity contribution in [3.63, 3.8) is 0 Å². The van der Waals surface area contributed by atoms with E-state index in [4.69, 9.17) is 10.2 Å². The van der Waals surface area contributed by atoms with Gasteiger partial charge < -0.3 is 10.2 Å². The maximum Gasteiger partial charge on any atom is 0.305 e. The fourth-order valence-electron chi connectivity index (χ4n) is 1.22. The highest BCUT2D eigenvalue weighted by Crippen LogP contribution is 2.41. The molecule has 0 bridgehead atoms. The normalized spacial score (nSPS) is 33.4. The lowest BCUT2D eigenvalue weighted by Crippen LogP contribution is -2.15. The molecule has 3 heteroatoms. The van der Waals surface area contributed by atoms with E-state index in [-0.39, 0.29) is 12.3 Å². The lowest BCUT2D eigenvalue weighted by molar-refractivity contribution is -0.139. The zero-order valence-corrected chi connectivity index (χ0v) is 5.95. The molecule has 0 spiro atoms. The Labute approximate surface area is 59.7 Å².